The molecule has 0 aliphatic heterocycles. The molecule has 1 heterocycles. The van der Waals surface area contributed by atoms with E-state index in [0.29, 0.717) is 18.7 Å². The first-order valence-electron chi connectivity index (χ1n) is 9.64. The molecule has 7 heteroatoms. The Hall–Kier alpha value is -3.74. The number of furan rings is 1. The maximum absolute atomic E-state index is 12.2. The predicted molar refractivity (Wildman–Crippen MR) is 115 cm³/mol. The number of urea groups is 1. The second-order valence-electron chi connectivity index (χ2n) is 6.91. The minimum atomic E-state index is -0.310. The van der Waals surface area contributed by atoms with E-state index in [1.165, 1.54) is 6.26 Å². The monoisotopic (exact) mass is 407 g/mol. The van der Waals surface area contributed by atoms with E-state index in [1.54, 1.807) is 31.4 Å². The Labute approximate surface area is 175 Å². The molecule has 156 valence electrons. The average molecular weight is 407 g/mol. The highest BCUT2D eigenvalue weighted by atomic mass is 16.5. The fourth-order valence-electron chi connectivity index (χ4n) is 2.97. The number of anilines is 1. The minimum Gasteiger partial charge on any atom is -0.497 e. The number of carbonyl (C=O) groups excluding carboxylic acids is 2. The predicted octanol–water partition coefficient (Wildman–Crippen LogP) is 3.97. The Kier molecular flexibility index (Phi) is 7.10. The van der Waals surface area contributed by atoms with Gasteiger partial charge in [0.2, 0.25) is 0 Å². The van der Waals surface area contributed by atoms with Gasteiger partial charge in [0.05, 0.1) is 13.4 Å². The lowest BCUT2D eigenvalue weighted by Crippen LogP contribution is -2.41. The van der Waals surface area contributed by atoms with E-state index in [9.17, 15) is 9.59 Å². The summed E-state index contributed by atoms with van der Waals surface area (Å²) in [6.07, 6.45) is 2.15. The second-order valence-corrected chi connectivity index (χ2v) is 6.91. The molecule has 1 atom stereocenters. The summed E-state index contributed by atoms with van der Waals surface area (Å²) >= 11 is 0. The van der Waals surface area contributed by atoms with Gasteiger partial charge in [-0.2, -0.15) is 0 Å². The first-order chi connectivity index (χ1) is 14.5. The van der Waals surface area contributed by atoms with Gasteiger partial charge in [0.15, 0.2) is 5.76 Å². The summed E-state index contributed by atoms with van der Waals surface area (Å²) < 4.78 is 10.3. The zero-order valence-electron chi connectivity index (χ0n) is 17.0. The van der Waals surface area contributed by atoms with Crippen LogP contribution >= 0.6 is 0 Å². The van der Waals surface area contributed by atoms with Crippen LogP contribution in [0.3, 0.4) is 0 Å². The standard InChI is InChI=1S/C23H25N3O4/c1-16(13-18-5-3-6-20(14-18)29-2)25-23(28)24-15-17-8-10-19(11-9-17)26-22(27)21-7-4-12-30-21/h3-12,14,16H,13,15H2,1-2H3,(H,26,27)(H2,24,25,28). The van der Waals surface area contributed by atoms with Crippen molar-refractivity contribution in [2.24, 2.45) is 0 Å². The normalized spacial score (nSPS) is 11.4. The summed E-state index contributed by atoms with van der Waals surface area (Å²) in [4.78, 5) is 24.1. The maximum Gasteiger partial charge on any atom is 0.315 e. The number of hydrogen-bond acceptors (Lipinski definition) is 4. The largest absolute Gasteiger partial charge is 0.497 e. The zero-order chi connectivity index (χ0) is 21.3. The molecule has 1 unspecified atom stereocenters. The van der Waals surface area contributed by atoms with Gasteiger partial charge in [-0.1, -0.05) is 24.3 Å². The van der Waals surface area contributed by atoms with E-state index in [0.717, 1.165) is 16.9 Å². The van der Waals surface area contributed by atoms with Crippen molar-refractivity contribution in [2.75, 3.05) is 12.4 Å². The lowest BCUT2D eigenvalue weighted by atomic mass is 10.1. The van der Waals surface area contributed by atoms with Crippen molar-refractivity contribution in [1.29, 1.82) is 0 Å². The fourth-order valence-corrected chi connectivity index (χ4v) is 2.97. The van der Waals surface area contributed by atoms with Crippen LogP contribution in [0.15, 0.2) is 71.3 Å². The number of rotatable bonds is 8. The number of hydrogen-bond donors (Lipinski definition) is 3. The second kappa shape index (κ2) is 10.2. The Morgan fingerprint density at radius 1 is 1.03 bits per heavy atom. The molecule has 3 amide bonds. The number of amides is 3. The first-order valence-corrected chi connectivity index (χ1v) is 9.64. The molecule has 1 aromatic heterocycles. The summed E-state index contributed by atoms with van der Waals surface area (Å²) in [6, 6.07) is 18.0. The van der Waals surface area contributed by atoms with Gasteiger partial charge < -0.3 is 25.1 Å². The van der Waals surface area contributed by atoms with Crippen LogP contribution in [-0.2, 0) is 13.0 Å². The highest BCUT2D eigenvalue weighted by Crippen LogP contribution is 2.14. The molecule has 2 aromatic carbocycles. The molecule has 0 spiro atoms. The van der Waals surface area contributed by atoms with Crippen LogP contribution in [-0.4, -0.2) is 25.1 Å². The smallest absolute Gasteiger partial charge is 0.315 e. The van der Waals surface area contributed by atoms with Gasteiger partial charge >= 0.3 is 6.03 Å². The highest BCUT2D eigenvalue weighted by molar-refractivity contribution is 6.02. The van der Waals surface area contributed by atoms with Crippen LogP contribution in [0.1, 0.15) is 28.6 Å². The van der Waals surface area contributed by atoms with Gasteiger partial charge in [-0.15, -0.1) is 0 Å². The van der Waals surface area contributed by atoms with Gasteiger partial charge in [-0.3, -0.25) is 4.79 Å². The molecule has 0 aliphatic carbocycles. The molecule has 3 aromatic rings. The Morgan fingerprint density at radius 2 is 1.83 bits per heavy atom. The number of nitrogens with one attached hydrogen (secondary N) is 3. The third-order valence-electron chi connectivity index (χ3n) is 4.46. The van der Waals surface area contributed by atoms with Crippen LogP contribution < -0.4 is 20.7 Å². The van der Waals surface area contributed by atoms with E-state index in [-0.39, 0.29) is 23.7 Å². The molecule has 0 radical (unpaired) electrons. The van der Waals surface area contributed by atoms with Gasteiger partial charge in [-0.25, -0.2) is 4.79 Å². The van der Waals surface area contributed by atoms with E-state index in [2.05, 4.69) is 16.0 Å². The van der Waals surface area contributed by atoms with Gasteiger partial charge in [0.1, 0.15) is 5.75 Å². The zero-order valence-corrected chi connectivity index (χ0v) is 17.0. The van der Waals surface area contributed by atoms with Crippen molar-refractivity contribution in [1.82, 2.24) is 10.6 Å². The van der Waals surface area contributed by atoms with E-state index in [4.69, 9.17) is 9.15 Å². The molecule has 3 N–H and O–H groups in total. The quantitative estimate of drug-likeness (QED) is 0.527. The molecule has 0 saturated heterocycles. The van der Waals surface area contributed by atoms with Crippen LogP contribution in [0.2, 0.25) is 0 Å². The molecule has 0 bridgehead atoms. The lowest BCUT2D eigenvalue weighted by Gasteiger charge is -2.15. The molecular weight excluding hydrogens is 382 g/mol. The third-order valence-corrected chi connectivity index (χ3v) is 4.46. The number of ether oxygens (including phenoxy) is 1. The van der Waals surface area contributed by atoms with Gasteiger partial charge in [0.25, 0.3) is 5.91 Å². The van der Waals surface area contributed by atoms with Crippen LogP contribution in [0.25, 0.3) is 0 Å². The summed E-state index contributed by atoms with van der Waals surface area (Å²) in [6.45, 7) is 2.33. The van der Waals surface area contributed by atoms with Crippen molar-refractivity contribution < 1.29 is 18.7 Å². The third kappa shape index (κ3) is 6.13. The number of benzene rings is 2. The molecule has 3 rings (SSSR count). The molecule has 0 aliphatic rings. The highest BCUT2D eigenvalue weighted by Gasteiger charge is 2.10. The van der Waals surface area contributed by atoms with Crippen molar-refractivity contribution >= 4 is 17.6 Å². The topological polar surface area (TPSA) is 92.6 Å². The van der Waals surface area contributed by atoms with Gasteiger partial charge in [0, 0.05) is 18.3 Å². The van der Waals surface area contributed by atoms with Crippen molar-refractivity contribution in [3.05, 3.63) is 83.8 Å². The summed E-state index contributed by atoms with van der Waals surface area (Å²) in [5, 5.41) is 8.53. The summed E-state index contributed by atoms with van der Waals surface area (Å²) in [7, 11) is 1.63. The van der Waals surface area contributed by atoms with Crippen molar-refractivity contribution in [3.63, 3.8) is 0 Å². The van der Waals surface area contributed by atoms with Crippen LogP contribution in [0.5, 0.6) is 5.75 Å². The molecule has 0 saturated carbocycles. The molecule has 7 nitrogen and oxygen atoms in total. The van der Waals surface area contributed by atoms with E-state index >= 15 is 0 Å². The van der Waals surface area contributed by atoms with E-state index < -0.39 is 0 Å². The fraction of sp³-hybridized carbons (Fsp3) is 0.217. The molecule has 0 fully saturated rings. The average Bonchev–Trinajstić information content (AvgIpc) is 3.28. The molecular formula is C23H25N3O4. The number of carbonyl (C=O) groups is 2. The lowest BCUT2D eigenvalue weighted by molar-refractivity contribution is 0.0996. The van der Waals surface area contributed by atoms with Crippen molar-refractivity contribution in [3.8, 4) is 5.75 Å². The first kappa shape index (κ1) is 21.0. The molecule has 30 heavy (non-hydrogen) atoms. The Balaban J connectivity index is 1.43. The maximum atomic E-state index is 12.2. The Morgan fingerprint density at radius 3 is 2.53 bits per heavy atom. The van der Waals surface area contributed by atoms with Crippen LogP contribution in [0.4, 0.5) is 10.5 Å². The number of methoxy groups -OCH3 is 1. The SMILES string of the molecule is COc1cccc(CC(C)NC(=O)NCc2ccc(NC(=O)c3ccco3)cc2)c1. The van der Waals surface area contributed by atoms with Crippen molar-refractivity contribution in [2.45, 2.75) is 25.9 Å². The minimum absolute atomic E-state index is 0.0312. The van der Waals surface area contributed by atoms with Crippen LogP contribution in [0, 0.1) is 0 Å². The van der Waals surface area contributed by atoms with E-state index in [1.807, 2.05) is 43.3 Å². The summed E-state index contributed by atoms with van der Waals surface area (Å²) in [5.41, 5.74) is 2.66. The summed E-state index contributed by atoms with van der Waals surface area (Å²) in [5.74, 6) is 0.740. The van der Waals surface area contributed by atoms with Gasteiger partial charge in [-0.05, 0) is 60.9 Å². The Bertz CT molecular complexity index is 968.